The third-order valence-corrected chi connectivity index (χ3v) is 5.95. The van der Waals surface area contributed by atoms with Crippen molar-refractivity contribution in [1.29, 1.82) is 5.26 Å². The van der Waals surface area contributed by atoms with E-state index in [2.05, 4.69) is 10.3 Å². The van der Waals surface area contributed by atoms with Crippen LogP contribution in [-0.4, -0.2) is 22.0 Å². The van der Waals surface area contributed by atoms with E-state index >= 15 is 0 Å². The standard InChI is InChI=1S/C24H18N4O2S/c25-16-19(22(29)27-21-13-7-8-14-26-21)24-28(18-11-5-2-6-12-18)23(30)20(31-24)15-17-9-3-1-4-10-17/h1-14,20H,15H2,(H,26,27,29). The minimum Gasteiger partial charge on any atom is -0.306 e. The van der Waals surface area contributed by atoms with Crippen molar-refractivity contribution < 1.29 is 9.59 Å². The van der Waals surface area contributed by atoms with Crippen LogP contribution in [0.2, 0.25) is 0 Å². The van der Waals surface area contributed by atoms with Crippen LogP contribution < -0.4 is 10.2 Å². The molecule has 152 valence electrons. The molecule has 1 aromatic heterocycles. The predicted octanol–water partition coefficient (Wildman–Crippen LogP) is 4.15. The third kappa shape index (κ3) is 4.49. The lowest BCUT2D eigenvalue weighted by Gasteiger charge is -2.18. The summed E-state index contributed by atoms with van der Waals surface area (Å²) in [6.07, 6.45) is 2.05. The number of carbonyl (C=O) groups is 2. The number of nitrogens with one attached hydrogen (secondary N) is 1. The third-order valence-electron chi connectivity index (χ3n) is 4.69. The molecule has 0 bridgehead atoms. The molecule has 7 heteroatoms. The van der Waals surface area contributed by atoms with E-state index in [1.165, 1.54) is 16.7 Å². The summed E-state index contributed by atoms with van der Waals surface area (Å²) < 4.78 is 0. The summed E-state index contributed by atoms with van der Waals surface area (Å²) in [7, 11) is 0. The van der Waals surface area contributed by atoms with Gasteiger partial charge in [-0.05, 0) is 36.2 Å². The minimum atomic E-state index is -0.599. The van der Waals surface area contributed by atoms with E-state index < -0.39 is 11.2 Å². The van der Waals surface area contributed by atoms with Gasteiger partial charge in [-0.25, -0.2) is 4.98 Å². The minimum absolute atomic E-state index is 0.122. The number of hydrogen-bond donors (Lipinski definition) is 1. The van der Waals surface area contributed by atoms with E-state index in [1.54, 1.807) is 36.5 Å². The van der Waals surface area contributed by atoms with Gasteiger partial charge in [-0.2, -0.15) is 5.26 Å². The van der Waals surface area contributed by atoms with Crippen LogP contribution in [-0.2, 0) is 16.0 Å². The number of anilines is 2. The topological polar surface area (TPSA) is 86.1 Å². The van der Waals surface area contributed by atoms with Crippen molar-refractivity contribution in [2.75, 3.05) is 10.2 Å². The molecule has 1 N–H and O–H groups in total. The molecule has 2 amide bonds. The van der Waals surface area contributed by atoms with Crippen molar-refractivity contribution in [3.63, 3.8) is 0 Å². The Hall–Kier alpha value is -3.89. The van der Waals surface area contributed by atoms with Crippen LogP contribution in [0, 0.1) is 11.3 Å². The maximum Gasteiger partial charge on any atom is 0.270 e. The molecule has 1 aliphatic heterocycles. The normalized spacial score (nSPS) is 17.2. The lowest BCUT2D eigenvalue weighted by Crippen LogP contribution is -2.30. The molecule has 3 aromatic rings. The average Bonchev–Trinajstić information content (AvgIpc) is 3.11. The quantitative estimate of drug-likeness (QED) is 0.489. The number of amides is 2. The van der Waals surface area contributed by atoms with Crippen LogP contribution in [0.4, 0.5) is 11.5 Å². The molecule has 1 fully saturated rings. The highest BCUT2D eigenvalue weighted by atomic mass is 32.2. The van der Waals surface area contributed by atoms with Gasteiger partial charge in [0.15, 0.2) is 0 Å². The molecule has 2 aromatic carbocycles. The van der Waals surface area contributed by atoms with Gasteiger partial charge in [0.25, 0.3) is 5.91 Å². The summed E-state index contributed by atoms with van der Waals surface area (Å²) in [5, 5.41) is 12.3. The van der Waals surface area contributed by atoms with Gasteiger partial charge in [-0.15, -0.1) is 0 Å². The van der Waals surface area contributed by atoms with Crippen LogP contribution in [0.15, 0.2) is 95.7 Å². The highest BCUT2D eigenvalue weighted by Crippen LogP contribution is 2.41. The molecule has 1 saturated heterocycles. The number of para-hydroxylation sites is 1. The number of pyridine rings is 1. The molecule has 1 atom stereocenters. The number of aromatic nitrogens is 1. The lowest BCUT2D eigenvalue weighted by atomic mass is 10.1. The first kappa shape index (κ1) is 20.4. The SMILES string of the molecule is N#CC(C(=O)Nc1ccccn1)=C1SC(Cc2ccccc2)C(=O)N1c1ccccc1. The molecule has 4 rings (SSSR count). The number of thioether (sulfide) groups is 1. The first-order chi connectivity index (χ1) is 15.2. The van der Waals surface area contributed by atoms with Gasteiger partial charge in [0.2, 0.25) is 5.91 Å². The molecular formula is C24H18N4O2S. The van der Waals surface area contributed by atoms with Crippen molar-refractivity contribution in [2.24, 2.45) is 0 Å². The monoisotopic (exact) mass is 426 g/mol. The van der Waals surface area contributed by atoms with Gasteiger partial charge in [0, 0.05) is 11.9 Å². The molecule has 0 radical (unpaired) electrons. The Morgan fingerprint density at radius 2 is 1.71 bits per heavy atom. The van der Waals surface area contributed by atoms with Crippen LogP contribution in [0.1, 0.15) is 5.56 Å². The van der Waals surface area contributed by atoms with Crippen LogP contribution in [0.25, 0.3) is 0 Å². The van der Waals surface area contributed by atoms with Crippen LogP contribution >= 0.6 is 11.8 Å². The zero-order valence-corrected chi connectivity index (χ0v) is 17.3. The largest absolute Gasteiger partial charge is 0.306 e. The summed E-state index contributed by atoms with van der Waals surface area (Å²) in [5.74, 6) is -0.423. The predicted molar refractivity (Wildman–Crippen MR) is 121 cm³/mol. The summed E-state index contributed by atoms with van der Waals surface area (Å²) in [4.78, 5) is 31.8. The summed E-state index contributed by atoms with van der Waals surface area (Å²) >= 11 is 1.24. The van der Waals surface area contributed by atoms with Gasteiger partial charge in [0.05, 0.1) is 5.25 Å². The van der Waals surface area contributed by atoms with E-state index in [0.29, 0.717) is 23.0 Å². The Balaban J connectivity index is 1.71. The van der Waals surface area contributed by atoms with E-state index in [4.69, 9.17) is 0 Å². The van der Waals surface area contributed by atoms with Gasteiger partial charge < -0.3 is 5.32 Å². The maximum absolute atomic E-state index is 13.3. The second-order valence-electron chi connectivity index (χ2n) is 6.77. The second kappa shape index (κ2) is 9.28. The Bertz CT molecular complexity index is 1160. The highest BCUT2D eigenvalue weighted by molar-refractivity contribution is 8.05. The molecule has 1 unspecified atom stereocenters. The highest BCUT2D eigenvalue weighted by Gasteiger charge is 2.40. The summed E-state index contributed by atoms with van der Waals surface area (Å²) in [5.41, 5.74) is 1.51. The van der Waals surface area contributed by atoms with Crippen molar-refractivity contribution in [2.45, 2.75) is 11.7 Å². The molecule has 2 heterocycles. The smallest absolute Gasteiger partial charge is 0.270 e. The lowest BCUT2D eigenvalue weighted by molar-refractivity contribution is -0.117. The molecule has 0 aliphatic carbocycles. The Labute approximate surface area is 184 Å². The summed E-state index contributed by atoms with van der Waals surface area (Å²) in [6, 6.07) is 25.8. The first-order valence-electron chi connectivity index (χ1n) is 9.63. The number of nitriles is 1. The Morgan fingerprint density at radius 3 is 2.35 bits per heavy atom. The zero-order valence-electron chi connectivity index (χ0n) is 16.4. The number of carbonyl (C=O) groups excluding carboxylic acids is 2. The molecule has 0 spiro atoms. The fourth-order valence-corrected chi connectivity index (χ4v) is 4.55. The summed E-state index contributed by atoms with van der Waals surface area (Å²) in [6.45, 7) is 0. The van der Waals surface area contributed by atoms with E-state index in [-0.39, 0.29) is 11.5 Å². The zero-order chi connectivity index (χ0) is 21.6. The van der Waals surface area contributed by atoms with E-state index in [0.717, 1.165) is 5.56 Å². The molecular weight excluding hydrogens is 408 g/mol. The number of benzene rings is 2. The van der Waals surface area contributed by atoms with Crippen molar-refractivity contribution in [3.05, 3.63) is 101 Å². The fourth-order valence-electron chi connectivity index (χ4n) is 3.24. The fraction of sp³-hybridized carbons (Fsp3) is 0.0833. The molecule has 6 nitrogen and oxygen atoms in total. The van der Waals surface area contributed by atoms with Gasteiger partial charge >= 0.3 is 0 Å². The van der Waals surface area contributed by atoms with Gasteiger partial charge in [-0.1, -0.05) is 66.4 Å². The number of rotatable bonds is 5. The van der Waals surface area contributed by atoms with Crippen molar-refractivity contribution >= 4 is 35.1 Å². The number of nitrogens with zero attached hydrogens (tertiary/aromatic N) is 3. The van der Waals surface area contributed by atoms with Crippen molar-refractivity contribution in [3.8, 4) is 6.07 Å². The molecule has 0 saturated carbocycles. The van der Waals surface area contributed by atoms with Crippen LogP contribution in [0.5, 0.6) is 0 Å². The van der Waals surface area contributed by atoms with Crippen LogP contribution in [0.3, 0.4) is 0 Å². The van der Waals surface area contributed by atoms with Gasteiger partial charge in [-0.3, -0.25) is 14.5 Å². The number of hydrogen-bond acceptors (Lipinski definition) is 5. The maximum atomic E-state index is 13.3. The van der Waals surface area contributed by atoms with Crippen molar-refractivity contribution in [1.82, 2.24) is 4.98 Å². The molecule has 31 heavy (non-hydrogen) atoms. The molecule has 1 aliphatic rings. The Morgan fingerprint density at radius 1 is 1.03 bits per heavy atom. The average molecular weight is 427 g/mol. The van der Waals surface area contributed by atoms with E-state index in [1.807, 2.05) is 54.6 Å². The second-order valence-corrected chi connectivity index (χ2v) is 7.96. The first-order valence-corrected chi connectivity index (χ1v) is 10.5. The van der Waals surface area contributed by atoms with Gasteiger partial charge in [0.1, 0.15) is 22.5 Å². The Kier molecular flexibility index (Phi) is 6.11. The van der Waals surface area contributed by atoms with E-state index in [9.17, 15) is 14.9 Å².